The molecule has 5 nitrogen and oxygen atoms in total. The molecule has 154 valence electrons. The predicted octanol–water partition coefficient (Wildman–Crippen LogP) is 3.48. The van der Waals surface area contributed by atoms with Crippen LogP contribution in [0.25, 0.3) is 0 Å². The number of carbonyl (C=O) groups excluding carboxylic acids is 2. The molecule has 0 aromatic heterocycles. The Hall–Kier alpha value is -1.30. The van der Waals surface area contributed by atoms with Gasteiger partial charge in [0, 0.05) is 35.8 Å². The molecule has 0 radical (unpaired) electrons. The van der Waals surface area contributed by atoms with Crippen molar-refractivity contribution < 1.29 is 9.59 Å². The Morgan fingerprint density at radius 1 is 1.04 bits per heavy atom. The smallest absolute Gasteiger partial charge is 0.254 e. The van der Waals surface area contributed by atoms with Gasteiger partial charge in [0.2, 0.25) is 5.91 Å². The summed E-state index contributed by atoms with van der Waals surface area (Å²) in [5, 5.41) is 0.610. The highest BCUT2D eigenvalue weighted by Gasteiger charge is 2.48. The van der Waals surface area contributed by atoms with E-state index in [-0.39, 0.29) is 42.3 Å². The SMILES string of the molecule is Cl.NC1CCCN(C(=O)C2CC3CCCCC3N2C(=O)c2ccc(Cl)cc2)C1. The average Bonchev–Trinajstić information content (AvgIpc) is 3.07. The van der Waals surface area contributed by atoms with Gasteiger partial charge in [0.05, 0.1) is 0 Å². The zero-order valence-electron chi connectivity index (χ0n) is 16.1. The van der Waals surface area contributed by atoms with Crippen molar-refractivity contribution in [1.29, 1.82) is 0 Å². The molecule has 3 aliphatic rings. The summed E-state index contributed by atoms with van der Waals surface area (Å²) in [5.74, 6) is 0.477. The Morgan fingerprint density at radius 2 is 1.75 bits per heavy atom. The summed E-state index contributed by atoms with van der Waals surface area (Å²) in [7, 11) is 0. The normalized spacial score (nSPS) is 29.8. The Morgan fingerprint density at radius 3 is 2.46 bits per heavy atom. The maximum Gasteiger partial charge on any atom is 0.254 e. The van der Waals surface area contributed by atoms with Gasteiger partial charge in [-0.1, -0.05) is 24.4 Å². The van der Waals surface area contributed by atoms with Gasteiger partial charge in [0.1, 0.15) is 6.04 Å². The van der Waals surface area contributed by atoms with Gasteiger partial charge in [0.15, 0.2) is 0 Å². The quantitative estimate of drug-likeness (QED) is 0.788. The molecule has 0 bridgehead atoms. The summed E-state index contributed by atoms with van der Waals surface area (Å²) in [6.45, 7) is 1.36. The van der Waals surface area contributed by atoms with Gasteiger partial charge >= 0.3 is 0 Å². The minimum atomic E-state index is -0.355. The standard InChI is InChI=1S/C21H28ClN3O2.ClH/c22-16-9-7-14(8-10-16)20(26)25-18-6-2-1-4-15(18)12-19(25)21(27)24-11-3-5-17(23)13-24;/h7-10,15,17-19H,1-6,11-13,23H2;1H. The number of hydrogen-bond donors (Lipinski definition) is 1. The van der Waals surface area contributed by atoms with E-state index in [1.165, 1.54) is 6.42 Å². The number of rotatable bonds is 2. The van der Waals surface area contributed by atoms with Crippen molar-refractivity contribution in [3.63, 3.8) is 0 Å². The molecule has 2 saturated heterocycles. The minimum absolute atomic E-state index is 0. The molecule has 2 aliphatic heterocycles. The number of nitrogens with two attached hydrogens (primary N) is 1. The number of likely N-dealkylation sites (tertiary alicyclic amines) is 2. The van der Waals surface area contributed by atoms with Crippen LogP contribution in [0.3, 0.4) is 0 Å². The first-order valence-electron chi connectivity index (χ1n) is 10.2. The van der Waals surface area contributed by atoms with Crippen LogP contribution in [0.5, 0.6) is 0 Å². The second-order valence-electron chi connectivity index (χ2n) is 8.27. The number of nitrogens with zero attached hydrogens (tertiary/aromatic N) is 2. The van der Waals surface area contributed by atoms with E-state index in [1.807, 2.05) is 9.80 Å². The van der Waals surface area contributed by atoms with Crippen molar-refractivity contribution in [1.82, 2.24) is 9.80 Å². The molecule has 2 heterocycles. The summed E-state index contributed by atoms with van der Waals surface area (Å²) in [4.78, 5) is 30.5. The van der Waals surface area contributed by atoms with Crippen LogP contribution in [-0.2, 0) is 4.79 Å². The van der Waals surface area contributed by atoms with Crippen LogP contribution in [-0.4, -0.2) is 52.8 Å². The van der Waals surface area contributed by atoms with Gasteiger partial charge in [-0.15, -0.1) is 12.4 Å². The predicted molar refractivity (Wildman–Crippen MR) is 113 cm³/mol. The van der Waals surface area contributed by atoms with Crippen LogP contribution in [0.2, 0.25) is 5.02 Å². The summed E-state index contributed by atoms with van der Waals surface area (Å²) in [6.07, 6.45) is 7.12. The highest BCUT2D eigenvalue weighted by molar-refractivity contribution is 6.30. The highest BCUT2D eigenvalue weighted by Crippen LogP contribution is 2.41. The first kappa shape index (κ1) is 21.4. The number of piperidine rings is 1. The molecule has 4 unspecified atom stereocenters. The Labute approximate surface area is 178 Å². The van der Waals surface area contributed by atoms with Crippen molar-refractivity contribution in [2.75, 3.05) is 13.1 Å². The monoisotopic (exact) mass is 425 g/mol. The van der Waals surface area contributed by atoms with Gasteiger partial charge in [-0.3, -0.25) is 9.59 Å². The van der Waals surface area contributed by atoms with Crippen molar-refractivity contribution in [2.24, 2.45) is 11.7 Å². The summed E-state index contributed by atoms with van der Waals surface area (Å²) < 4.78 is 0. The lowest BCUT2D eigenvalue weighted by Gasteiger charge is -2.37. The first-order chi connectivity index (χ1) is 13.0. The maximum absolute atomic E-state index is 13.4. The third-order valence-corrected chi connectivity index (χ3v) is 6.72. The molecule has 1 aromatic carbocycles. The number of fused-ring (bicyclic) bond motifs is 1. The topological polar surface area (TPSA) is 66.6 Å². The number of amides is 2. The Balaban J connectivity index is 0.00000225. The third kappa shape index (κ3) is 4.17. The second kappa shape index (κ2) is 9.02. The summed E-state index contributed by atoms with van der Waals surface area (Å²) >= 11 is 5.98. The van der Waals surface area contributed by atoms with E-state index in [2.05, 4.69) is 0 Å². The lowest BCUT2D eigenvalue weighted by atomic mass is 9.84. The molecule has 0 spiro atoms. The van der Waals surface area contributed by atoms with E-state index in [1.54, 1.807) is 24.3 Å². The van der Waals surface area contributed by atoms with E-state index in [9.17, 15) is 9.59 Å². The van der Waals surface area contributed by atoms with Gasteiger partial charge < -0.3 is 15.5 Å². The van der Waals surface area contributed by atoms with Crippen LogP contribution in [0, 0.1) is 5.92 Å². The Bertz CT molecular complexity index is 712. The fourth-order valence-electron chi connectivity index (χ4n) is 5.14. The first-order valence-corrected chi connectivity index (χ1v) is 10.5. The van der Waals surface area contributed by atoms with E-state index >= 15 is 0 Å². The number of benzene rings is 1. The fourth-order valence-corrected chi connectivity index (χ4v) is 5.26. The van der Waals surface area contributed by atoms with Gasteiger partial charge in [0.25, 0.3) is 5.91 Å². The van der Waals surface area contributed by atoms with Gasteiger partial charge in [-0.25, -0.2) is 0 Å². The number of halogens is 2. The molecular formula is C21H29Cl2N3O2. The number of hydrogen-bond acceptors (Lipinski definition) is 3. The molecule has 1 aromatic rings. The molecule has 3 fully saturated rings. The van der Waals surface area contributed by atoms with Crippen molar-refractivity contribution in [3.05, 3.63) is 34.9 Å². The van der Waals surface area contributed by atoms with Crippen LogP contribution < -0.4 is 5.73 Å². The molecule has 28 heavy (non-hydrogen) atoms. The molecule has 1 saturated carbocycles. The van der Waals surface area contributed by atoms with E-state index in [0.29, 0.717) is 23.0 Å². The fraction of sp³-hybridized carbons (Fsp3) is 0.619. The van der Waals surface area contributed by atoms with E-state index < -0.39 is 0 Å². The molecule has 7 heteroatoms. The minimum Gasteiger partial charge on any atom is -0.339 e. The zero-order valence-corrected chi connectivity index (χ0v) is 17.6. The molecule has 2 amide bonds. The van der Waals surface area contributed by atoms with Crippen molar-refractivity contribution in [3.8, 4) is 0 Å². The molecule has 2 N–H and O–H groups in total. The largest absolute Gasteiger partial charge is 0.339 e. The van der Waals surface area contributed by atoms with Gasteiger partial charge in [-0.2, -0.15) is 0 Å². The Kier molecular flexibility index (Phi) is 6.89. The molecule has 4 rings (SSSR count). The van der Waals surface area contributed by atoms with Crippen LogP contribution in [0.4, 0.5) is 0 Å². The molecule has 1 aliphatic carbocycles. The molecular weight excluding hydrogens is 397 g/mol. The lowest BCUT2D eigenvalue weighted by molar-refractivity contribution is -0.136. The van der Waals surface area contributed by atoms with E-state index in [0.717, 1.165) is 45.1 Å². The summed E-state index contributed by atoms with van der Waals surface area (Å²) in [5.41, 5.74) is 6.70. The third-order valence-electron chi connectivity index (χ3n) is 6.47. The van der Waals surface area contributed by atoms with Crippen molar-refractivity contribution >= 4 is 35.8 Å². The van der Waals surface area contributed by atoms with Gasteiger partial charge in [-0.05, 0) is 62.3 Å². The highest BCUT2D eigenvalue weighted by atomic mass is 35.5. The summed E-state index contributed by atoms with van der Waals surface area (Å²) in [6, 6.07) is 6.87. The number of carbonyl (C=O) groups is 2. The van der Waals surface area contributed by atoms with Crippen LogP contribution in [0.15, 0.2) is 24.3 Å². The molecule has 4 atom stereocenters. The lowest BCUT2D eigenvalue weighted by Crippen LogP contribution is -2.54. The maximum atomic E-state index is 13.4. The van der Waals surface area contributed by atoms with Crippen molar-refractivity contribution in [2.45, 2.75) is 63.1 Å². The van der Waals surface area contributed by atoms with Crippen LogP contribution in [0.1, 0.15) is 55.3 Å². The average molecular weight is 426 g/mol. The van der Waals surface area contributed by atoms with E-state index in [4.69, 9.17) is 17.3 Å². The van der Waals surface area contributed by atoms with Crippen LogP contribution >= 0.6 is 24.0 Å². The zero-order chi connectivity index (χ0) is 19.0. The second-order valence-corrected chi connectivity index (χ2v) is 8.71.